The summed E-state index contributed by atoms with van der Waals surface area (Å²) in [4.78, 5) is 16.3. The van der Waals surface area contributed by atoms with Crippen LogP contribution in [0, 0.1) is 11.8 Å². The molecule has 2 aromatic rings. The molecule has 0 radical (unpaired) electrons. The van der Waals surface area contributed by atoms with Crippen LogP contribution in [0.4, 0.5) is 5.69 Å². The second kappa shape index (κ2) is 7.37. The summed E-state index contributed by atoms with van der Waals surface area (Å²) in [5, 5.41) is 13.0. The third-order valence-corrected chi connectivity index (χ3v) is 4.50. The molecule has 1 aromatic heterocycles. The van der Waals surface area contributed by atoms with Crippen LogP contribution in [-0.2, 0) is 4.79 Å². The first-order valence-electron chi connectivity index (χ1n) is 8.19. The molecule has 0 spiro atoms. The predicted octanol–water partition coefficient (Wildman–Crippen LogP) is 2.44. The monoisotopic (exact) mass is 313 g/mol. The van der Waals surface area contributed by atoms with Gasteiger partial charge in [-0.2, -0.15) is 5.10 Å². The second-order valence-electron chi connectivity index (χ2n) is 6.25. The molecular formula is C17H23N5O. The molecule has 2 atom stereocenters. The fourth-order valence-electron chi connectivity index (χ4n) is 3.09. The van der Waals surface area contributed by atoms with Gasteiger partial charge in [-0.3, -0.25) is 9.89 Å². The van der Waals surface area contributed by atoms with Crippen LogP contribution in [0.1, 0.15) is 26.2 Å². The van der Waals surface area contributed by atoms with E-state index < -0.39 is 0 Å². The fourth-order valence-corrected chi connectivity index (χ4v) is 3.09. The number of carbonyl (C=O) groups is 1. The maximum Gasteiger partial charge on any atom is 0.224 e. The summed E-state index contributed by atoms with van der Waals surface area (Å²) >= 11 is 0. The first-order chi connectivity index (χ1) is 11.2. The topological polar surface area (TPSA) is 82.7 Å². The number of aromatic nitrogens is 3. The Hall–Kier alpha value is -2.21. The molecule has 3 rings (SSSR count). The van der Waals surface area contributed by atoms with E-state index in [2.05, 4.69) is 32.7 Å². The Labute approximate surface area is 136 Å². The SMILES string of the molecule is CC(CC(=O)Nc1ccc(-c2ncn[nH]2)cc1)C1CCCNC1. The number of nitrogens with zero attached hydrogens (tertiary/aromatic N) is 2. The molecule has 6 heteroatoms. The van der Waals surface area contributed by atoms with Gasteiger partial charge < -0.3 is 10.6 Å². The summed E-state index contributed by atoms with van der Waals surface area (Å²) in [6.07, 6.45) is 4.47. The van der Waals surface area contributed by atoms with E-state index in [1.807, 2.05) is 24.3 Å². The third kappa shape index (κ3) is 4.16. The van der Waals surface area contributed by atoms with Crippen LogP contribution in [0.5, 0.6) is 0 Å². The Morgan fingerprint density at radius 3 is 2.87 bits per heavy atom. The Morgan fingerprint density at radius 1 is 1.39 bits per heavy atom. The van der Waals surface area contributed by atoms with Crippen molar-refractivity contribution in [2.45, 2.75) is 26.2 Å². The van der Waals surface area contributed by atoms with Crippen molar-refractivity contribution in [3.8, 4) is 11.4 Å². The summed E-state index contributed by atoms with van der Waals surface area (Å²) in [7, 11) is 0. The van der Waals surface area contributed by atoms with Gasteiger partial charge in [0.2, 0.25) is 5.91 Å². The molecular weight excluding hydrogens is 290 g/mol. The van der Waals surface area contributed by atoms with E-state index in [-0.39, 0.29) is 5.91 Å². The van der Waals surface area contributed by atoms with E-state index in [0.29, 0.717) is 18.3 Å². The van der Waals surface area contributed by atoms with Gasteiger partial charge in [-0.25, -0.2) is 4.98 Å². The molecule has 2 heterocycles. The zero-order chi connectivity index (χ0) is 16.1. The Balaban J connectivity index is 1.53. The number of hydrogen-bond donors (Lipinski definition) is 3. The lowest BCUT2D eigenvalue weighted by Gasteiger charge is -2.28. The number of hydrogen-bond acceptors (Lipinski definition) is 4. The summed E-state index contributed by atoms with van der Waals surface area (Å²) in [5.41, 5.74) is 1.76. The number of nitrogens with one attached hydrogen (secondary N) is 3. The number of piperidine rings is 1. The molecule has 0 aliphatic carbocycles. The van der Waals surface area contributed by atoms with E-state index in [0.717, 1.165) is 30.2 Å². The van der Waals surface area contributed by atoms with Gasteiger partial charge in [0.15, 0.2) is 5.82 Å². The van der Waals surface area contributed by atoms with Gasteiger partial charge in [-0.1, -0.05) is 6.92 Å². The highest BCUT2D eigenvalue weighted by atomic mass is 16.1. The normalized spacial score (nSPS) is 19.3. The average molecular weight is 313 g/mol. The molecule has 0 saturated carbocycles. The summed E-state index contributed by atoms with van der Waals surface area (Å²) in [6.45, 7) is 4.30. The Morgan fingerprint density at radius 2 is 2.22 bits per heavy atom. The minimum atomic E-state index is 0.0792. The standard InChI is InChI=1S/C17H23N5O/c1-12(14-3-2-8-18-10-14)9-16(23)21-15-6-4-13(5-7-15)17-19-11-20-22-17/h4-7,11-12,14,18H,2-3,8-10H2,1H3,(H,21,23)(H,19,20,22). The van der Waals surface area contributed by atoms with Gasteiger partial charge in [0.1, 0.15) is 6.33 Å². The van der Waals surface area contributed by atoms with E-state index in [4.69, 9.17) is 0 Å². The van der Waals surface area contributed by atoms with E-state index >= 15 is 0 Å². The van der Waals surface area contributed by atoms with Crippen molar-refractivity contribution in [1.82, 2.24) is 20.5 Å². The highest BCUT2D eigenvalue weighted by Crippen LogP contribution is 2.23. The van der Waals surface area contributed by atoms with Crippen molar-refractivity contribution in [3.63, 3.8) is 0 Å². The van der Waals surface area contributed by atoms with E-state index in [1.165, 1.54) is 19.2 Å². The van der Waals surface area contributed by atoms with E-state index in [9.17, 15) is 4.79 Å². The maximum absolute atomic E-state index is 12.2. The summed E-state index contributed by atoms with van der Waals surface area (Å²) in [5.74, 6) is 1.80. The number of rotatable bonds is 5. The third-order valence-electron chi connectivity index (χ3n) is 4.50. The molecule has 122 valence electrons. The summed E-state index contributed by atoms with van der Waals surface area (Å²) in [6, 6.07) is 7.63. The zero-order valence-electron chi connectivity index (χ0n) is 13.4. The van der Waals surface area contributed by atoms with Crippen molar-refractivity contribution in [1.29, 1.82) is 0 Å². The van der Waals surface area contributed by atoms with Crippen molar-refractivity contribution in [2.75, 3.05) is 18.4 Å². The predicted molar refractivity (Wildman–Crippen MR) is 89.8 cm³/mol. The average Bonchev–Trinajstić information content (AvgIpc) is 3.11. The lowest BCUT2D eigenvalue weighted by Crippen LogP contribution is -2.34. The van der Waals surface area contributed by atoms with Crippen LogP contribution < -0.4 is 10.6 Å². The first-order valence-corrected chi connectivity index (χ1v) is 8.19. The molecule has 1 aliphatic rings. The van der Waals surface area contributed by atoms with Gasteiger partial charge in [-0.15, -0.1) is 0 Å². The van der Waals surface area contributed by atoms with Crippen LogP contribution in [-0.4, -0.2) is 34.2 Å². The molecule has 0 bridgehead atoms. The number of amides is 1. The van der Waals surface area contributed by atoms with Crippen LogP contribution in [0.25, 0.3) is 11.4 Å². The van der Waals surface area contributed by atoms with Crippen molar-refractivity contribution in [2.24, 2.45) is 11.8 Å². The van der Waals surface area contributed by atoms with Gasteiger partial charge >= 0.3 is 0 Å². The summed E-state index contributed by atoms with van der Waals surface area (Å²) < 4.78 is 0. The second-order valence-corrected chi connectivity index (χ2v) is 6.25. The molecule has 1 amide bonds. The number of benzene rings is 1. The van der Waals surface area contributed by atoms with Crippen molar-refractivity contribution >= 4 is 11.6 Å². The molecule has 1 aromatic carbocycles. The highest BCUT2D eigenvalue weighted by molar-refractivity contribution is 5.91. The smallest absolute Gasteiger partial charge is 0.224 e. The van der Waals surface area contributed by atoms with Gasteiger partial charge in [0, 0.05) is 17.7 Å². The molecule has 6 nitrogen and oxygen atoms in total. The lowest BCUT2D eigenvalue weighted by molar-refractivity contribution is -0.117. The Bertz CT molecular complexity index is 617. The quantitative estimate of drug-likeness (QED) is 0.792. The van der Waals surface area contributed by atoms with Gasteiger partial charge in [0.25, 0.3) is 0 Å². The molecule has 2 unspecified atom stereocenters. The number of carbonyl (C=O) groups excluding carboxylic acids is 1. The maximum atomic E-state index is 12.2. The minimum absolute atomic E-state index is 0.0792. The first kappa shape index (κ1) is 15.7. The number of aromatic amines is 1. The van der Waals surface area contributed by atoms with Gasteiger partial charge in [-0.05, 0) is 62.0 Å². The molecule has 1 aliphatic heterocycles. The van der Waals surface area contributed by atoms with Crippen LogP contribution in [0.15, 0.2) is 30.6 Å². The molecule has 1 fully saturated rings. The lowest BCUT2D eigenvalue weighted by atomic mass is 9.85. The molecule has 3 N–H and O–H groups in total. The van der Waals surface area contributed by atoms with Gasteiger partial charge in [0.05, 0.1) is 0 Å². The Kier molecular flexibility index (Phi) is 5.02. The largest absolute Gasteiger partial charge is 0.326 e. The molecule has 23 heavy (non-hydrogen) atoms. The number of H-pyrrole nitrogens is 1. The van der Waals surface area contributed by atoms with Crippen molar-refractivity contribution in [3.05, 3.63) is 30.6 Å². The van der Waals surface area contributed by atoms with Crippen LogP contribution in [0.2, 0.25) is 0 Å². The molecule has 1 saturated heterocycles. The van der Waals surface area contributed by atoms with Crippen LogP contribution in [0.3, 0.4) is 0 Å². The zero-order valence-corrected chi connectivity index (χ0v) is 13.4. The van der Waals surface area contributed by atoms with Crippen molar-refractivity contribution < 1.29 is 4.79 Å². The highest BCUT2D eigenvalue weighted by Gasteiger charge is 2.22. The number of anilines is 1. The minimum Gasteiger partial charge on any atom is -0.326 e. The fraction of sp³-hybridized carbons (Fsp3) is 0.471. The van der Waals surface area contributed by atoms with E-state index in [1.54, 1.807) is 0 Å². The van der Waals surface area contributed by atoms with Crippen LogP contribution >= 0.6 is 0 Å².